The highest BCUT2D eigenvalue weighted by atomic mass is 16.1. The second-order valence-corrected chi connectivity index (χ2v) is 10.9. The molecule has 6 aromatic rings. The predicted octanol–water partition coefficient (Wildman–Crippen LogP) is 8.50. The quantitative estimate of drug-likeness (QED) is 0.234. The van der Waals surface area contributed by atoms with Crippen LogP contribution in [0.2, 0.25) is 0 Å². The Labute approximate surface area is 215 Å². The van der Waals surface area contributed by atoms with Gasteiger partial charge in [0.25, 0.3) is 0 Å². The van der Waals surface area contributed by atoms with Gasteiger partial charge in [-0.05, 0) is 63.2 Å². The van der Waals surface area contributed by atoms with E-state index >= 15 is 0 Å². The number of carbonyl (C=O) groups is 1. The van der Waals surface area contributed by atoms with E-state index in [1.807, 2.05) is 18.2 Å². The summed E-state index contributed by atoms with van der Waals surface area (Å²) >= 11 is 0. The van der Waals surface area contributed by atoms with Crippen LogP contribution in [0, 0.1) is 0 Å². The van der Waals surface area contributed by atoms with Gasteiger partial charge in [0.05, 0.1) is 16.7 Å². The lowest BCUT2D eigenvalue weighted by Crippen LogP contribution is -2.16. The number of rotatable bonds is 1. The van der Waals surface area contributed by atoms with Gasteiger partial charge in [-0.15, -0.1) is 0 Å². The van der Waals surface area contributed by atoms with E-state index in [-0.39, 0.29) is 11.2 Å². The number of hydrogen-bond donors (Lipinski definition) is 0. The third-order valence-electron chi connectivity index (χ3n) is 8.62. The van der Waals surface area contributed by atoms with Gasteiger partial charge in [-0.25, -0.2) is 0 Å². The first-order chi connectivity index (χ1) is 18.0. The summed E-state index contributed by atoms with van der Waals surface area (Å²) in [5, 5.41) is 2.49. The first kappa shape index (κ1) is 20.7. The minimum Gasteiger partial charge on any atom is -0.309 e. The van der Waals surface area contributed by atoms with Crippen LogP contribution in [0.25, 0.3) is 49.7 Å². The molecule has 2 aliphatic carbocycles. The van der Waals surface area contributed by atoms with Crippen LogP contribution < -0.4 is 0 Å². The third kappa shape index (κ3) is 2.62. The maximum atomic E-state index is 13.3. The van der Waals surface area contributed by atoms with Crippen LogP contribution >= 0.6 is 0 Å². The van der Waals surface area contributed by atoms with Crippen LogP contribution in [0.3, 0.4) is 0 Å². The van der Waals surface area contributed by atoms with Gasteiger partial charge < -0.3 is 4.57 Å². The van der Waals surface area contributed by atoms with Crippen molar-refractivity contribution in [3.05, 3.63) is 125 Å². The molecule has 0 fully saturated rings. The Kier molecular flexibility index (Phi) is 3.96. The number of ketones is 1. The fraction of sp³-hybridized carbons (Fsp3) is 0.114. The summed E-state index contributed by atoms with van der Waals surface area (Å²) in [7, 11) is 0. The largest absolute Gasteiger partial charge is 0.309 e. The van der Waals surface area contributed by atoms with Gasteiger partial charge in [-0.1, -0.05) is 92.7 Å². The molecule has 2 heteroatoms. The molecule has 2 aliphatic rings. The van der Waals surface area contributed by atoms with Crippen LogP contribution in [0.15, 0.2) is 103 Å². The Morgan fingerprint density at radius 3 is 2.16 bits per heavy atom. The van der Waals surface area contributed by atoms with Crippen LogP contribution in [0.1, 0.15) is 40.9 Å². The first-order valence-corrected chi connectivity index (χ1v) is 13.0. The maximum absolute atomic E-state index is 13.3. The molecule has 0 N–H and O–H groups in total. The maximum Gasteiger partial charge on any atom is 0.167 e. The smallest absolute Gasteiger partial charge is 0.167 e. The molecule has 0 spiro atoms. The molecule has 0 bridgehead atoms. The second kappa shape index (κ2) is 7.08. The van der Waals surface area contributed by atoms with Crippen LogP contribution in [-0.4, -0.2) is 10.4 Å². The summed E-state index contributed by atoms with van der Waals surface area (Å²) in [4.78, 5) is 13.3. The molecule has 1 heterocycles. The van der Waals surface area contributed by atoms with Crippen molar-refractivity contribution in [3.8, 4) is 27.9 Å². The monoisotopic (exact) mass is 475 g/mol. The van der Waals surface area contributed by atoms with Gasteiger partial charge >= 0.3 is 0 Å². The van der Waals surface area contributed by atoms with Crippen molar-refractivity contribution in [2.75, 3.05) is 0 Å². The normalized spacial score (nSPS) is 14.9. The number of nitrogens with zero attached hydrogens (tertiary/aromatic N) is 1. The molecule has 37 heavy (non-hydrogen) atoms. The van der Waals surface area contributed by atoms with E-state index in [0.717, 1.165) is 27.9 Å². The first-order valence-electron chi connectivity index (χ1n) is 13.0. The Hall–Kier alpha value is -4.43. The van der Waals surface area contributed by atoms with E-state index in [0.29, 0.717) is 6.42 Å². The van der Waals surface area contributed by atoms with Gasteiger partial charge in [0.15, 0.2) is 5.78 Å². The molecule has 0 unspecified atom stereocenters. The Morgan fingerprint density at radius 1 is 0.595 bits per heavy atom. The lowest BCUT2D eigenvalue weighted by molar-refractivity contribution is 0.0992. The van der Waals surface area contributed by atoms with Gasteiger partial charge in [0, 0.05) is 28.2 Å². The van der Waals surface area contributed by atoms with E-state index in [2.05, 4.69) is 103 Å². The Bertz CT molecular complexity index is 1950. The average molecular weight is 476 g/mol. The molecule has 0 saturated heterocycles. The van der Waals surface area contributed by atoms with E-state index in [1.165, 1.54) is 44.1 Å². The number of fused-ring (bicyclic) bond motifs is 9. The molecule has 0 aliphatic heterocycles. The summed E-state index contributed by atoms with van der Waals surface area (Å²) in [5.41, 5.74) is 12.9. The Morgan fingerprint density at radius 2 is 1.30 bits per heavy atom. The molecule has 8 rings (SSSR count). The highest BCUT2D eigenvalue weighted by Crippen LogP contribution is 2.51. The highest BCUT2D eigenvalue weighted by molar-refractivity contribution is 6.13. The van der Waals surface area contributed by atoms with E-state index < -0.39 is 0 Å². The molecular weight excluding hydrogens is 450 g/mol. The SMILES string of the molecule is CC1(C)c2ccccc2-c2cc3c4ccccc4n(-c4cccc5c4CC(=O)c4ccccc4-5)c3cc21. The van der Waals surface area contributed by atoms with Gasteiger partial charge in [-0.2, -0.15) is 0 Å². The van der Waals surface area contributed by atoms with Crippen molar-refractivity contribution >= 4 is 27.6 Å². The molecule has 0 atom stereocenters. The zero-order valence-electron chi connectivity index (χ0n) is 20.9. The number of benzene rings is 5. The van der Waals surface area contributed by atoms with Crippen molar-refractivity contribution in [2.45, 2.75) is 25.7 Å². The summed E-state index contributed by atoms with van der Waals surface area (Å²) in [6.45, 7) is 4.66. The molecule has 0 radical (unpaired) electrons. The zero-order chi connectivity index (χ0) is 24.9. The van der Waals surface area contributed by atoms with Crippen molar-refractivity contribution in [2.24, 2.45) is 0 Å². The van der Waals surface area contributed by atoms with Gasteiger partial charge in [0.1, 0.15) is 0 Å². The molecular formula is C35H25NO. The highest BCUT2D eigenvalue weighted by Gasteiger charge is 2.36. The molecule has 0 amide bonds. The van der Waals surface area contributed by atoms with Crippen LogP contribution in [0.4, 0.5) is 0 Å². The lowest BCUT2D eigenvalue weighted by Gasteiger charge is -2.24. The number of Topliss-reactive ketones (excluding diaryl/α,β-unsaturated/α-hetero) is 1. The summed E-state index contributed by atoms with van der Waals surface area (Å²) < 4.78 is 2.39. The lowest BCUT2D eigenvalue weighted by atomic mass is 9.82. The summed E-state index contributed by atoms with van der Waals surface area (Å²) in [6, 6.07) is 36.8. The zero-order valence-corrected chi connectivity index (χ0v) is 20.9. The molecule has 2 nitrogen and oxygen atoms in total. The minimum atomic E-state index is -0.0770. The van der Waals surface area contributed by atoms with Gasteiger partial charge in [0.2, 0.25) is 0 Å². The van der Waals surface area contributed by atoms with Crippen molar-refractivity contribution < 1.29 is 4.79 Å². The van der Waals surface area contributed by atoms with Crippen molar-refractivity contribution in [1.82, 2.24) is 4.57 Å². The summed E-state index contributed by atoms with van der Waals surface area (Å²) in [5.74, 6) is 0.189. The van der Waals surface area contributed by atoms with Crippen LogP contribution in [-0.2, 0) is 11.8 Å². The molecule has 5 aromatic carbocycles. The van der Waals surface area contributed by atoms with Gasteiger partial charge in [-0.3, -0.25) is 4.79 Å². The van der Waals surface area contributed by atoms with E-state index in [1.54, 1.807) is 0 Å². The average Bonchev–Trinajstić information content (AvgIpc) is 3.36. The predicted molar refractivity (Wildman–Crippen MR) is 152 cm³/mol. The van der Waals surface area contributed by atoms with Crippen molar-refractivity contribution in [3.63, 3.8) is 0 Å². The number of hydrogen-bond acceptors (Lipinski definition) is 1. The number of para-hydroxylation sites is 1. The number of aromatic nitrogens is 1. The number of carbonyl (C=O) groups excluding carboxylic acids is 1. The fourth-order valence-corrected chi connectivity index (χ4v) is 6.86. The van der Waals surface area contributed by atoms with E-state index in [4.69, 9.17) is 0 Å². The third-order valence-corrected chi connectivity index (χ3v) is 8.62. The topological polar surface area (TPSA) is 22.0 Å². The summed E-state index contributed by atoms with van der Waals surface area (Å²) in [6.07, 6.45) is 0.415. The second-order valence-electron chi connectivity index (χ2n) is 10.9. The molecule has 0 saturated carbocycles. The van der Waals surface area contributed by atoms with E-state index in [9.17, 15) is 4.79 Å². The molecule has 1 aromatic heterocycles. The fourth-order valence-electron chi connectivity index (χ4n) is 6.86. The van der Waals surface area contributed by atoms with Crippen LogP contribution in [0.5, 0.6) is 0 Å². The molecule has 176 valence electrons. The Balaban J connectivity index is 1.49. The standard InChI is InChI=1S/C35H25NO/c1-35(2)29-15-7-5-11-23(29)26-18-27-24-12-6-8-16-31(24)36(33(27)20-30(26)35)32-17-9-14-22-21-10-3-4-13-25(21)34(37)19-28(22)32/h3-18,20H,19H2,1-2H3. The minimum absolute atomic E-state index is 0.0770. The van der Waals surface area contributed by atoms with Crippen molar-refractivity contribution in [1.29, 1.82) is 0 Å².